The maximum atomic E-state index is 10.7. The van der Waals surface area contributed by atoms with E-state index in [4.69, 9.17) is 0 Å². The molecule has 0 aliphatic rings. The lowest BCUT2D eigenvalue weighted by atomic mass is 10.1. The molecule has 0 fully saturated rings. The normalized spacial score (nSPS) is 11.2. The summed E-state index contributed by atoms with van der Waals surface area (Å²) >= 11 is 7.83. The monoisotopic (exact) mass is 505 g/mol. The molecular weight excluding hydrogens is 498 g/mol. The molecular formula is C18H9Br2N3O3S. The van der Waals surface area contributed by atoms with Crippen LogP contribution in [0.3, 0.4) is 0 Å². The van der Waals surface area contributed by atoms with Crippen molar-refractivity contribution in [3.05, 3.63) is 71.4 Å². The highest BCUT2D eigenvalue weighted by Gasteiger charge is 2.12. The van der Waals surface area contributed by atoms with Gasteiger partial charge in [0.05, 0.1) is 25.1 Å². The summed E-state index contributed by atoms with van der Waals surface area (Å²) in [6.07, 6.45) is 1.67. The van der Waals surface area contributed by atoms with Crippen molar-refractivity contribution in [1.82, 2.24) is 4.98 Å². The summed E-state index contributed by atoms with van der Waals surface area (Å²) in [4.78, 5) is 14.8. The molecule has 0 saturated carbocycles. The molecule has 2 aromatic carbocycles. The largest absolute Gasteiger partial charge is 0.506 e. The van der Waals surface area contributed by atoms with Crippen LogP contribution < -0.4 is 0 Å². The molecule has 6 nitrogen and oxygen atoms in total. The Kier molecular flexibility index (Phi) is 5.70. The van der Waals surface area contributed by atoms with Gasteiger partial charge in [0.2, 0.25) is 0 Å². The summed E-state index contributed by atoms with van der Waals surface area (Å²) in [5.41, 5.74) is 2.47. The van der Waals surface area contributed by atoms with Crippen LogP contribution in [-0.2, 0) is 0 Å². The SMILES string of the molecule is N#C/C(=C/c1cc(Br)c(O)c(Br)c1)c1nc(-c2ccc([N+](=O)[O-])cc2)cs1. The van der Waals surface area contributed by atoms with E-state index in [1.807, 2.05) is 0 Å². The number of hydrogen-bond acceptors (Lipinski definition) is 6. The number of halogens is 2. The number of nitro groups is 1. The Hall–Kier alpha value is -2.54. The van der Waals surface area contributed by atoms with E-state index in [0.717, 1.165) is 11.1 Å². The second kappa shape index (κ2) is 8.00. The number of phenolic OH excluding ortho intramolecular Hbond substituents is 1. The highest BCUT2D eigenvalue weighted by molar-refractivity contribution is 9.11. The van der Waals surface area contributed by atoms with Crippen molar-refractivity contribution in [1.29, 1.82) is 5.26 Å². The number of nitro benzene ring substituents is 1. The van der Waals surface area contributed by atoms with Gasteiger partial charge in [-0.05, 0) is 67.8 Å². The lowest BCUT2D eigenvalue weighted by Crippen LogP contribution is -1.87. The van der Waals surface area contributed by atoms with Crippen LogP contribution in [0, 0.1) is 21.4 Å². The molecule has 1 aromatic heterocycles. The number of thiazole rings is 1. The molecule has 1 heterocycles. The molecule has 27 heavy (non-hydrogen) atoms. The number of allylic oxidation sites excluding steroid dienone is 1. The maximum Gasteiger partial charge on any atom is 0.269 e. The third kappa shape index (κ3) is 4.24. The van der Waals surface area contributed by atoms with Crippen molar-refractivity contribution >= 4 is 60.5 Å². The fourth-order valence-electron chi connectivity index (χ4n) is 2.26. The standard InChI is InChI=1S/C18H9Br2N3O3S/c19-14-6-10(7-15(20)17(14)24)5-12(8-21)18-22-16(9-27-18)11-1-3-13(4-2-11)23(25)26/h1-7,9,24H/b12-5-. The molecule has 0 spiro atoms. The number of benzene rings is 2. The first-order valence-corrected chi connectivity index (χ1v) is 9.86. The van der Waals surface area contributed by atoms with Gasteiger partial charge in [-0.2, -0.15) is 5.26 Å². The molecule has 0 bridgehead atoms. The predicted molar refractivity (Wildman–Crippen MR) is 111 cm³/mol. The quantitative estimate of drug-likeness (QED) is 0.265. The second-order valence-electron chi connectivity index (χ2n) is 5.34. The van der Waals surface area contributed by atoms with Crippen LogP contribution >= 0.6 is 43.2 Å². The minimum absolute atomic E-state index is 0.00953. The van der Waals surface area contributed by atoms with Crippen molar-refractivity contribution < 1.29 is 10.0 Å². The summed E-state index contributed by atoms with van der Waals surface area (Å²) < 4.78 is 1.01. The average molecular weight is 507 g/mol. The Bertz CT molecular complexity index is 1080. The zero-order valence-corrected chi connectivity index (χ0v) is 17.4. The van der Waals surface area contributed by atoms with Gasteiger partial charge in [0.25, 0.3) is 5.69 Å². The van der Waals surface area contributed by atoms with Gasteiger partial charge in [0.1, 0.15) is 16.8 Å². The second-order valence-corrected chi connectivity index (χ2v) is 7.91. The Morgan fingerprint density at radius 3 is 2.44 bits per heavy atom. The molecule has 0 unspecified atom stereocenters. The van der Waals surface area contributed by atoms with Crippen LogP contribution in [0.15, 0.2) is 50.7 Å². The van der Waals surface area contributed by atoms with Gasteiger partial charge in [-0.25, -0.2) is 4.98 Å². The lowest BCUT2D eigenvalue weighted by molar-refractivity contribution is -0.384. The van der Waals surface area contributed by atoms with Crippen LogP contribution in [0.1, 0.15) is 10.6 Å². The summed E-state index contributed by atoms with van der Waals surface area (Å²) in [6.45, 7) is 0. The van der Waals surface area contributed by atoms with E-state index in [1.54, 1.807) is 35.7 Å². The summed E-state index contributed by atoms with van der Waals surface area (Å²) in [7, 11) is 0. The number of nitriles is 1. The number of phenols is 1. The molecule has 134 valence electrons. The van der Waals surface area contributed by atoms with Crippen molar-refractivity contribution in [3.8, 4) is 23.1 Å². The van der Waals surface area contributed by atoms with E-state index in [9.17, 15) is 20.5 Å². The molecule has 0 amide bonds. The van der Waals surface area contributed by atoms with E-state index in [0.29, 0.717) is 25.2 Å². The topological polar surface area (TPSA) is 100 Å². The van der Waals surface area contributed by atoms with Crippen molar-refractivity contribution in [2.24, 2.45) is 0 Å². The summed E-state index contributed by atoms with van der Waals surface area (Å²) in [5.74, 6) is 0.0837. The highest BCUT2D eigenvalue weighted by atomic mass is 79.9. The predicted octanol–water partition coefficient (Wildman–Crippen LogP) is 6.01. The Morgan fingerprint density at radius 2 is 1.89 bits per heavy atom. The molecule has 0 saturated heterocycles. The first-order chi connectivity index (χ1) is 12.9. The summed E-state index contributed by atoms with van der Waals surface area (Å²) in [5, 5.41) is 32.4. The third-order valence-electron chi connectivity index (χ3n) is 3.58. The average Bonchev–Trinajstić information content (AvgIpc) is 3.14. The first-order valence-electron chi connectivity index (χ1n) is 7.39. The van der Waals surface area contributed by atoms with Gasteiger partial charge >= 0.3 is 0 Å². The van der Waals surface area contributed by atoms with Crippen molar-refractivity contribution in [2.75, 3.05) is 0 Å². The number of hydrogen-bond donors (Lipinski definition) is 1. The molecule has 0 radical (unpaired) electrons. The van der Waals surface area contributed by atoms with Gasteiger partial charge in [-0.3, -0.25) is 10.1 Å². The molecule has 0 aliphatic carbocycles. The lowest BCUT2D eigenvalue weighted by Gasteiger charge is -2.03. The Labute approximate surface area is 174 Å². The molecule has 3 rings (SSSR count). The van der Waals surface area contributed by atoms with Crippen LogP contribution in [0.25, 0.3) is 22.9 Å². The van der Waals surface area contributed by atoms with Crippen LogP contribution in [0.4, 0.5) is 5.69 Å². The highest BCUT2D eigenvalue weighted by Crippen LogP contribution is 2.35. The van der Waals surface area contributed by atoms with Crippen molar-refractivity contribution in [2.45, 2.75) is 0 Å². The number of non-ortho nitro benzene ring substituents is 1. The van der Waals surface area contributed by atoms with Crippen LogP contribution in [-0.4, -0.2) is 15.0 Å². The number of rotatable bonds is 4. The summed E-state index contributed by atoms with van der Waals surface area (Å²) in [6, 6.07) is 11.6. The third-order valence-corrected chi connectivity index (χ3v) is 5.66. The molecule has 3 aromatic rings. The van der Waals surface area contributed by atoms with E-state index < -0.39 is 4.92 Å². The van der Waals surface area contributed by atoms with Crippen molar-refractivity contribution in [3.63, 3.8) is 0 Å². The number of nitrogens with zero attached hydrogens (tertiary/aromatic N) is 3. The molecule has 9 heteroatoms. The first kappa shape index (κ1) is 19.2. The van der Waals surface area contributed by atoms with E-state index in [2.05, 4.69) is 42.9 Å². The number of aromatic nitrogens is 1. The fourth-order valence-corrected chi connectivity index (χ4v) is 4.28. The zero-order chi connectivity index (χ0) is 19.6. The van der Waals surface area contributed by atoms with E-state index >= 15 is 0 Å². The van der Waals surface area contributed by atoms with Gasteiger partial charge in [-0.1, -0.05) is 0 Å². The van der Waals surface area contributed by atoms with Gasteiger partial charge in [0.15, 0.2) is 0 Å². The van der Waals surface area contributed by atoms with Gasteiger partial charge < -0.3 is 5.11 Å². The maximum absolute atomic E-state index is 10.7. The minimum atomic E-state index is -0.458. The van der Waals surface area contributed by atoms with Gasteiger partial charge in [-0.15, -0.1) is 11.3 Å². The Morgan fingerprint density at radius 1 is 1.26 bits per heavy atom. The molecule has 0 aliphatic heterocycles. The zero-order valence-electron chi connectivity index (χ0n) is 13.4. The Balaban J connectivity index is 1.94. The number of aromatic hydroxyl groups is 1. The fraction of sp³-hybridized carbons (Fsp3) is 0. The smallest absolute Gasteiger partial charge is 0.269 e. The molecule has 1 N–H and O–H groups in total. The van der Waals surface area contributed by atoms with E-state index in [-0.39, 0.29) is 11.4 Å². The van der Waals surface area contributed by atoms with Gasteiger partial charge in [0, 0.05) is 23.1 Å². The minimum Gasteiger partial charge on any atom is -0.506 e. The molecule has 0 atom stereocenters. The van der Waals surface area contributed by atoms with Crippen LogP contribution in [0.5, 0.6) is 5.75 Å². The van der Waals surface area contributed by atoms with Crippen LogP contribution in [0.2, 0.25) is 0 Å². The van der Waals surface area contributed by atoms with E-state index in [1.165, 1.54) is 23.5 Å².